The second-order valence-corrected chi connectivity index (χ2v) is 10.1. The van der Waals surface area contributed by atoms with Gasteiger partial charge in [-0.2, -0.15) is 0 Å². The summed E-state index contributed by atoms with van der Waals surface area (Å²) in [7, 11) is 2.18. The normalized spacial score (nSPS) is 16.1. The van der Waals surface area contributed by atoms with Crippen LogP contribution >= 0.6 is 22.7 Å². The minimum Gasteiger partial charge on any atom is -0.299 e. The SMILES string of the molecule is CN(Cc1cscn1)C1CCc2c(sc3ncn(CCCc4ccccc4)c(=O)c23)C1. The average Bonchev–Trinajstić information content (AvgIpc) is 3.43. The first kappa shape index (κ1) is 20.5. The van der Waals surface area contributed by atoms with Gasteiger partial charge in [0.05, 0.1) is 22.9 Å². The van der Waals surface area contributed by atoms with Gasteiger partial charge in [-0.15, -0.1) is 22.7 Å². The van der Waals surface area contributed by atoms with Crippen molar-refractivity contribution in [1.82, 2.24) is 19.4 Å². The Morgan fingerprint density at radius 1 is 1.23 bits per heavy atom. The van der Waals surface area contributed by atoms with Gasteiger partial charge in [0.2, 0.25) is 0 Å². The van der Waals surface area contributed by atoms with Gasteiger partial charge in [-0.05, 0) is 50.3 Å². The van der Waals surface area contributed by atoms with Crippen LogP contribution in [0.25, 0.3) is 10.2 Å². The molecule has 1 aliphatic carbocycles. The van der Waals surface area contributed by atoms with Crippen LogP contribution in [-0.2, 0) is 32.4 Å². The van der Waals surface area contributed by atoms with Crippen molar-refractivity contribution in [2.24, 2.45) is 0 Å². The molecule has 1 aromatic carbocycles. The Hall–Kier alpha value is -2.35. The topological polar surface area (TPSA) is 51.0 Å². The van der Waals surface area contributed by atoms with Gasteiger partial charge in [-0.25, -0.2) is 9.97 Å². The van der Waals surface area contributed by atoms with Crippen molar-refractivity contribution in [3.63, 3.8) is 0 Å². The Kier molecular flexibility index (Phi) is 5.98. The van der Waals surface area contributed by atoms with Crippen LogP contribution in [0.3, 0.4) is 0 Å². The van der Waals surface area contributed by atoms with Gasteiger partial charge in [0.25, 0.3) is 5.56 Å². The highest BCUT2D eigenvalue weighted by molar-refractivity contribution is 7.18. The minimum atomic E-state index is 0.129. The number of rotatable bonds is 7. The zero-order valence-corrected chi connectivity index (χ0v) is 19.3. The second-order valence-electron chi connectivity index (χ2n) is 8.31. The first-order valence-electron chi connectivity index (χ1n) is 10.8. The Morgan fingerprint density at radius 2 is 2.10 bits per heavy atom. The van der Waals surface area contributed by atoms with E-state index < -0.39 is 0 Å². The maximum atomic E-state index is 13.2. The summed E-state index contributed by atoms with van der Waals surface area (Å²) in [4.78, 5) is 27.0. The fourth-order valence-corrected chi connectivity index (χ4v) is 6.32. The fourth-order valence-electron chi connectivity index (χ4n) is 4.52. The molecule has 5 nitrogen and oxygen atoms in total. The van der Waals surface area contributed by atoms with Gasteiger partial charge < -0.3 is 0 Å². The molecule has 31 heavy (non-hydrogen) atoms. The van der Waals surface area contributed by atoms with E-state index in [1.807, 2.05) is 11.6 Å². The Balaban J connectivity index is 1.31. The maximum absolute atomic E-state index is 13.2. The summed E-state index contributed by atoms with van der Waals surface area (Å²) in [6, 6.07) is 10.9. The lowest BCUT2D eigenvalue weighted by Crippen LogP contribution is -2.35. The van der Waals surface area contributed by atoms with Crippen molar-refractivity contribution in [2.75, 3.05) is 7.05 Å². The van der Waals surface area contributed by atoms with Crippen LogP contribution < -0.4 is 5.56 Å². The zero-order chi connectivity index (χ0) is 21.2. The largest absolute Gasteiger partial charge is 0.299 e. The molecule has 3 aromatic heterocycles. The first-order chi connectivity index (χ1) is 15.2. The summed E-state index contributed by atoms with van der Waals surface area (Å²) in [5, 5.41) is 2.98. The van der Waals surface area contributed by atoms with E-state index in [4.69, 9.17) is 0 Å². The lowest BCUT2D eigenvalue weighted by Gasteiger charge is -2.30. The molecule has 7 heteroatoms. The number of aromatic nitrogens is 3. The number of thiazole rings is 1. The van der Waals surface area contributed by atoms with Crippen LogP contribution in [0.15, 0.2) is 52.3 Å². The monoisotopic (exact) mass is 450 g/mol. The maximum Gasteiger partial charge on any atom is 0.262 e. The molecule has 1 atom stereocenters. The van der Waals surface area contributed by atoms with Crippen molar-refractivity contribution >= 4 is 32.9 Å². The van der Waals surface area contributed by atoms with E-state index in [1.54, 1.807) is 33.6 Å². The van der Waals surface area contributed by atoms with Crippen molar-refractivity contribution in [3.05, 3.63) is 79.6 Å². The van der Waals surface area contributed by atoms with Gasteiger partial charge in [0.1, 0.15) is 4.83 Å². The van der Waals surface area contributed by atoms with E-state index in [2.05, 4.69) is 51.6 Å². The smallest absolute Gasteiger partial charge is 0.262 e. The summed E-state index contributed by atoms with van der Waals surface area (Å²) < 4.78 is 1.80. The number of likely N-dealkylation sites (N-methyl/N-ethyl adjacent to an activating group) is 1. The number of aryl methyl sites for hydroxylation is 3. The van der Waals surface area contributed by atoms with E-state index in [0.29, 0.717) is 12.6 Å². The highest BCUT2D eigenvalue weighted by atomic mass is 32.1. The molecular formula is C24H26N4OS2. The molecule has 0 amide bonds. The molecular weight excluding hydrogens is 424 g/mol. The van der Waals surface area contributed by atoms with Crippen molar-refractivity contribution in [3.8, 4) is 0 Å². The van der Waals surface area contributed by atoms with Crippen LogP contribution in [0.5, 0.6) is 0 Å². The molecule has 3 heterocycles. The molecule has 1 aliphatic rings. The highest BCUT2D eigenvalue weighted by Crippen LogP contribution is 2.35. The van der Waals surface area contributed by atoms with Crippen molar-refractivity contribution in [1.29, 1.82) is 0 Å². The van der Waals surface area contributed by atoms with E-state index in [1.165, 1.54) is 16.0 Å². The molecule has 0 fully saturated rings. The standard InChI is InChI=1S/C24H26N4OS2/c1-27(13-18-14-30-16-26-18)19-9-10-20-21(12-19)31-23-22(20)24(29)28(15-25-23)11-5-8-17-6-3-2-4-7-17/h2-4,6-7,14-16,19H,5,8-13H2,1H3. The molecule has 0 saturated heterocycles. The lowest BCUT2D eigenvalue weighted by atomic mass is 9.92. The Bertz CT molecular complexity index is 1210. The molecule has 0 radical (unpaired) electrons. The van der Waals surface area contributed by atoms with E-state index in [0.717, 1.165) is 54.6 Å². The Morgan fingerprint density at radius 3 is 2.90 bits per heavy atom. The molecule has 1 unspecified atom stereocenters. The van der Waals surface area contributed by atoms with Crippen molar-refractivity contribution < 1.29 is 0 Å². The minimum absolute atomic E-state index is 0.129. The van der Waals surface area contributed by atoms with Gasteiger partial charge in [0, 0.05) is 29.4 Å². The van der Waals surface area contributed by atoms with E-state index in [-0.39, 0.29) is 5.56 Å². The summed E-state index contributed by atoms with van der Waals surface area (Å²) in [5.41, 5.74) is 5.71. The van der Waals surface area contributed by atoms with Crippen LogP contribution in [0.1, 0.15) is 34.5 Å². The van der Waals surface area contributed by atoms with Gasteiger partial charge in [-0.3, -0.25) is 14.3 Å². The number of benzene rings is 1. The predicted molar refractivity (Wildman–Crippen MR) is 128 cm³/mol. The molecule has 4 aromatic rings. The summed E-state index contributed by atoms with van der Waals surface area (Å²) in [5.74, 6) is 0. The quantitative estimate of drug-likeness (QED) is 0.415. The summed E-state index contributed by atoms with van der Waals surface area (Å²) >= 11 is 3.35. The Labute approximate surface area is 190 Å². The number of hydrogen-bond acceptors (Lipinski definition) is 6. The predicted octanol–water partition coefficient (Wildman–Crippen LogP) is 4.54. The average molecular weight is 451 g/mol. The summed E-state index contributed by atoms with van der Waals surface area (Å²) in [6.07, 6.45) is 6.66. The number of thiophene rings is 1. The fraction of sp³-hybridized carbons (Fsp3) is 0.375. The highest BCUT2D eigenvalue weighted by Gasteiger charge is 2.27. The van der Waals surface area contributed by atoms with Gasteiger partial charge in [-0.1, -0.05) is 30.3 Å². The van der Waals surface area contributed by atoms with Gasteiger partial charge in [0.15, 0.2) is 0 Å². The molecule has 0 N–H and O–H groups in total. The molecule has 5 rings (SSSR count). The van der Waals surface area contributed by atoms with Crippen molar-refractivity contribution in [2.45, 2.75) is 51.2 Å². The molecule has 0 saturated carbocycles. The molecule has 0 spiro atoms. The van der Waals surface area contributed by atoms with Crippen LogP contribution in [0, 0.1) is 0 Å². The van der Waals surface area contributed by atoms with Crippen LogP contribution in [-0.4, -0.2) is 32.5 Å². The third-order valence-electron chi connectivity index (χ3n) is 6.24. The number of nitrogens with zero attached hydrogens (tertiary/aromatic N) is 4. The second kappa shape index (κ2) is 9.02. The zero-order valence-electron chi connectivity index (χ0n) is 17.7. The third-order valence-corrected chi connectivity index (χ3v) is 8.03. The lowest BCUT2D eigenvalue weighted by molar-refractivity contribution is 0.213. The molecule has 160 valence electrons. The molecule has 0 aliphatic heterocycles. The van der Waals surface area contributed by atoms with E-state index in [9.17, 15) is 4.79 Å². The summed E-state index contributed by atoms with van der Waals surface area (Å²) in [6.45, 7) is 1.58. The number of hydrogen-bond donors (Lipinski definition) is 0. The molecule has 0 bridgehead atoms. The number of fused-ring (bicyclic) bond motifs is 3. The first-order valence-corrected chi connectivity index (χ1v) is 12.6. The van der Waals surface area contributed by atoms with Crippen LogP contribution in [0.2, 0.25) is 0 Å². The van der Waals surface area contributed by atoms with Gasteiger partial charge >= 0.3 is 0 Å². The van der Waals surface area contributed by atoms with Crippen LogP contribution in [0.4, 0.5) is 0 Å². The van der Waals surface area contributed by atoms with E-state index >= 15 is 0 Å². The third kappa shape index (κ3) is 4.35.